The Morgan fingerprint density at radius 1 is 0.933 bits per heavy atom. The second-order valence-corrected chi connectivity index (χ2v) is 8.28. The van der Waals surface area contributed by atoms with E-state index in [1.807, 2.05) is 30.3 Å². The Bertz CT molecular complexity index is 1110. The van der Waals surface area contributed by atoms with E-state index in [4.69, 9.17) is 4.74 Å². The van der Waals surface area contributed by atoms with Gasteiger partial charge in [-0.25, -0.2) is 13.1 Å². The van der Waals surface area contributed by atoms with Gasteiger partial charge in [0.15, 0.2) is 0 Å². The van der Waals surface area contributed by atoms with E-state index >= 15 is 0 Å². The molecule has 0 saturated carbocycles. The maximum absolute atomic E-state index is 12.1. The summed E-state index contributed by atoms with van der Waals surface area (Å²) >= 11 is 0. The van der Waals surface area contributed by atoms with Gasteiger partial charge in [-0.05, 0) is 60.6 Å². The molecule has 0 radical (unpaired) electrons. The van der Waals surface area contributed by atoms with Crippen LogP contribution in [0, 0.1) is 0 Å². The minimum Gasteiger partial charge on any atom is -0.489 e. The molecule has 30 heavy (non-hydrogen) atoms. The fourth-order valence-corrected chi connectivity index (χ4v) is 3.34. The number of anilines is 1. The Labute approximate surface area is 176 Å². The molecule has 0 heterocycles. The first-order valence-electron chi connectivity index (χ1n) is 9.26. The highest BCUT2D eigenvalue weighted by molar-refractivity contribution is 7.89. The second-order valence-electron chi connectivity index (χ2n) is 6.40. The van der Waals surface area contributed by atoms with Crippen LogP contribution in [0.15, 0.2) is 89.8 Å². The van der Waals surface area contributed by atoms with Gasteiger partial charge in [0.1, 0.15) is 12.4 Å². The van der Waals surface area contributed by atoms with Crippen LogP contribution in [-0.4, -0.2) is 21.4 Å². The molecule has 0 fully saturated rings. The molecule has 0 aliphatic heterocycles. The van der Waals surface area contributed by atoms with E-state index in [9.17, 15) is 13.2 Å². The van der Waals surface area contributed by atoms with E-state index in [-0.39, 0.29) is 10.8 Å². The third-order valence-corrected chi connectivity index (χ3v) is 5.69. The van der Waals surface area contributed by atoms with E-state index in [2.05, 4.69) is 10.0 Å². The van der Waals surface area contributed by atoms with Crippen LogP contribution in [0.25, 0.3) is 6.08 Å². The van der Waals surface area contributed by atoms with Crippen molar-refractivity contribution in [1.29, 1.82) is 0 Å². The number of benzene rings is 3. The summed E-state index contributed by atoms with van der Waals surface area (Å²) in [5.74, 6) is 0.420. The Kier molecular flexibility index (Phi) is 7.00. The highest BCUT2D eigenvalue weighted by Gasteiger charge is 2.09. The van der Waals surface area contributed by atoms with Crippen LogP contribution in [0.1, 0.15) is 11.1 Å². The molecular weight excluding hydrogens is 400 g/mol. The number of nitrogens with one attached hydrogen (secondary N) is 2. The molecule has 1 amide bonds. The summed E-state index contributed by atoms with van der Waals surface area (Å²) in [5.41, 5.74) is 2.44. The van der Waals surface area contributed by atoms with Crippen LogP contribution in [0.4, 0.5) is 5.69 Å². The number of sulfonamides is 1. The van der Waals surface area contributed by atoms with Crippen molar-refractivity contribution in [2.45, 2.75) is 11.5 Å². The first-order chi connectivity index (χ1) is 14.5. The Balaban J connectivity index is 1.53. The molecule has 0 aliphatic rings. The molecule has 154 valence electrons. The van der Waals surface area contributed by atoms with Gasteiger partial charge in [-0.2, -0.15) is 0 Å². The monoisotopic (exact) mass is 422 g/mol. The molecule has 0 spiro atoms. The molecule has 3 rings (SSSR count). The van der Waals surface area contributed by atoms with E-state index in [1.165, 1.54) is 25.3 Å². The summed E-state index contributed by atoms with van der Waals surface area (Å²) in [7, 11) is -2.12. The van der Waals surface area contributed by atoms with Crippen LogP contribution < -0.4 is 14.8 Å². The third-order valence-electron chi connectivity index (χ3n) is 4.26. The van der Waals surface area contributed by atoms with Crippen molar-refractivity contribution < 1.29 is 17.9 Å². The number of hydrogen-bond acceptors (Lipinski definition) is 4. The number of rotatable bonds is 8. The van der Waals surface area contributed by atoms with Gasteiger partial charge < -0.3 is 10.1 Å². The largest absolute Gasteiger partial charge is 0.489 e. The maximum atomic E-state index is 12.1. The van der Waals surface area contributed by atoms with Gasteiger partial charge in [0.25, 0.3) is 0 Å². The van der Waals surface area contributed by atoms with Gasteiger partial charge in [0.2, 0.25) is 15.9 Å². The first kappa shape index (κ1) is 21.3. The molecule has 0 atom stereocenters. The number of amides is 1. The number of carbonyl (C=O) groups is 1. The molecule has 0 bridgehead atoms. The molecule has 0 unspecified atom stereocenters. The maximum Gasteiger partial charge on any atom is 0.248 e. The summed E-state index contributed by atoms with van der Waals surface area (Å²) in [4.78, 5) is 12.3. The fraction of sp³-hybridized carbons (Fsp3) is 0.0870. The predicted octanol–water partition coefficient (Wildman–Crippen LogP) is 3.83. The Morgan fingerprint density at radius 3 is 2.23 bits per heavy atom. The minimum absolute atomic E-state index is 0.168. The van der Waals surface area contributed by atoms with Crippen molar-refractivity contribution in [1.82, 2.24) is 4.72 Å². The molecule has 0 saturated heterocycles. The predicted molar refractivity (Wildman–Crippen MR) is 118 cm³/mol. The van der Waals surface area contributed by atoms with Gasteiger partial charge in [-0.15, -0.1) is 0 Å². The van der Waals surface area contributed by atoms with E-state index in [0.29, 0.717) is 23.6 Å². The Hall–Kier alpha value is -3.42. The number of ether oxygens (including phenoxy) is 1. The van der Waals surface area contributed by atoms with Crippen molar-refractivity contribution in [2.75, 3.05) is 12.4 Å². The van der Waals surface area contributed by atoms with Crippen LogP contribution in [0.3, 0.4) is 0 Å². The van der Waals surface area contributed by atoms with Crippen LogP contribution >= 0.6 is 0 Å². The second kappa shape index (κ2) is 9.87. The molecule has 0 aliphatic carbocycles. The minimum atomic E-state index is -3.47. The third kappa shape index (κ3) is 6.04. The van der Waals surface area contributed by atoms with Gasteiger partial charge in [0, 0.05) is 11.8 Å². The quantitative estimate of drug-likeness (QED) is 0.541. The lowest BCUT2D eigenvalue weighted by molar-refractivity contribution is -0.111. The lowest BCUT2D eigenvalue weighted by Crippen LogP contribution is -2.18. The average molecular weight is 423 g/mol. The normalized spacial score (nSPS) is 11.4. The highest BCUT2D eigenvalue weighted by Crippen LogP contribution is 2.17. The molecular formula is C23H22N2O4S. The number of carbonyl (C=O) groups excluding carboxylic acids is 1. The molecule has 3 aromatic carbocycles. The van der Waals surface area contributed by atoms with E-state index in [1.54, 1.807) is 42.5 Å². The van der Waals surface area contributed by atoms with Crippen LogP contribution in [0.2, 0.25) is 0 Å². The van der Waals surface area contributed by atoms with Gasteiger partial charge >= 0.3 is 0 Å². The summed E-state index contributed by atoms with van der Waals surface area (Å²) in [6, 6.07) is 23.2. The smallest absolute Gasteiger partial charge is 0.248 e. The van der Waals surface area contributed by atoms with Crippen LogP contribution in [-0.2, 0) is 21.4 Å². The zero-order chi connectivity index (χ0) is 21.4. The molecule has 7 heteroatoms. The lowest BCUT2D eigenvalue weighted by atomic mass is 10.2. The SMILES string of the molecule is CNS(=O)(=O)c1ccc(/C=C/C(=O)Nc2ccc(OCc3ccccc3)cc2)cc1. The molecule has 6 nitrogen and oxygen atoms in total. The van der Waals surface area contributed by atoms with Gasteiger partial charge in [0.05, 0.1) is 4.90 Å². The average Bonchev–Trinajstić information content (AvgIpc) is 2.78. The zero-order valence-electron chi connectivity index (χ0n) is 16.4. The van der Waals surface area contributed by atoms with Crippen LogP contribution in [0.5, 0.6) is 5.75 Å². The summed E-state index contributed by atoms with van der Waals surface area (Å²) < 4.78 is 31.4. The Morgan fingerprint density at radius 2 is 1.60 bits per heavy atom. The van der Waals surface area contributed by atoms with Crippen molar-refractivity contribution in [3.63, 3.8) is 0 Å². The van der Waals surface area contributed by atoms with E-state index < -0.39 is 10.0 Å². The number of hydrogen-bond donors (Lipinski definition) is 2. The lowest BCUT2D eigenvalue weighted by Gasteiger charge is -2.07. The topological polar surface area (TPSA) is 84.5 Å². The van der Waals surface area contributed by atoms with Crippen molar-refractivity contribution in [3.8, 4) is 5.75 Å². The van der Waals surface area contributed by atoms with Gasteiger partial charge in [-0.1, -0.05) is 42.5 Å². The fourth-order valence-electron chi connectivity index (χ4n) is 2.61. The molecule has 2 N–H and O–H groups in total. The van der Waals surface area contributed by atoms with Gasteiger partial charge in [-0.3, -0.25) is 4.79 Å². The zero-order valence-corrected chi connectivity index (χ0v) is 17.2. The summed E-state index contributed by atoms with van der Waals surface area (Å²) in [6.45, 7) is 0.476. The summed E-state index contributed by atoms with van der Waals surface area (Å²) in [6.07, 6.45) is 3.00. The molecule has 3 aromatic rings. The first-order valence-corrected chi connectivity index (χ1v) is 10.7. The summed E-state index contributed by atoms with van der Waals surface area (Å²) in [5, 5.41) is 2.77. The van der Waals surface area contributed by atoms with Crippen molar-refractivity contribution in [2.24, 2.45) is 0 Å². The standard InChI is InChI=1S/C23H22N2O4S/c1-24-30(27,28)22-14-7-18(8-15-22)9-16-23(26)25-20-10-12-21(13-11-20)29-17-19-5-3-2-4-6-19/h2-16,24H,17H2,1H3,(H,25,26)/b16-9+. The highest BCUT2D eigenvalue weighted by atomic mass is 32.2. The van der Waals surface area contributed by atoms with Crippen molar-refractivity contribution >= 4 is 27.7 Å². The van der Waals surface area contributed by atoms with Crippen molar-refractivity contribution in [3.05, 3.63) is 96.1 Å². The molecule has 0 aromatic heterocycles. The van der Waals surface area contributed by atoms with E-state index in [0.717, 1.165) is 5.56 Å².